The quantitative estimate of drug-likeness (QED) is 0.460. The van der Waals surface area contributed by atoms with E-state index in [4.69, 9.17) is 0 Å². The van der Waals surface area contributed by atoms with Crippen molar-refractivity contribution in [3.8, 4) is 0 Å². The number of pyridine rings is 1. The molecule has 1 aromatic carbocycles. The molecule has 0 unspecified atom stereocenters. The minimum atomic E-state index is -0.680. The van der Waals surface area contributed by atoms with Gasteiger partial charge in [-0.2, -0.15) is 0 Å². The maximum atomic E-state index is 13.1. The molecule has 1 N–H and O–H groups in total. The molecule has 0 bridgehead atoms. The van der Waals surface area contributed by atoms with E-state index in [0.29, 0.717) is 34.9 Å². The van der Waals surface area contributed by atoms with Crippen molar-refractivity contribution in [3.05, 3.63) is 69.0 Å². The van der Waals surface area contributed by atoms with Gasteiger partial charge in [-0.05, 0) is 44.7 Å². The van der Waals surface area contributed by atoms with Crippen molar-refractivity contribution in [3.63, 3.8) is 0 Å². The molecule has 0 spiro atoms. The highest BCUT2D eigenvalue weighted by Gasteiger charge is 2.26. The summed E-state index contributed by atoms with van der Waals surface area (Å²) in [5, 5.41) is 15.4. The number of rotatable bonds is 6. The molecule has 31 heavy (non-hydrogen) atoms. The average molecular weight is 422 g/mol. The number of benzene rings is 1. The lowest BCUT2D eigenvalue weighted by molar-refractivity contribution is -0.384. The second-order valence-corrected chi connectivity index (χ2v) is 8.79. The normalized spacial score (nSPS) is 15.2. The van der Waals surface area contributed by atoms with Crippen LogP contribution in [0.3, 0.4) is 0 Å². The van der Waals surface area contributed by atoms with Crippen LogP contribution in [0.4, 0.5) is 11.4 Å². The smallest absolute Gasteiger partial charge is 0.270 e. The molecular weight excluding hydrogens is 394 g/mol. The Morgan fingerprint density at radius 2 is 1.87 bits per heavy atom. The van der Waals surface area contributed by atoms with E-state index in [9.17, 15) is 14.9 Å². The van der Waals surface area contributed by atoms with Crippen LogP contribution in [0, 0.1) is 16.0 Å². The van der Waals surface area contributed by atoms with Crippen molar-refractivity contribution in [2.45, 2.75) is 58.0 Å². The summed E-state index contributed by atoms with van der Waals surface area (Å²) in [7, 11) is 0. The molecular formula is C23H27N5O3. The van der Waals surface area contributed by atoms with E-state index in [1.165, 1.54) is 31.4 Å². The molecule has 8 nitrogen and oxygen atoms in total. The lowest BCUT2D eigenvalue weighted by Crippen LogP contribution is -2.32. The maximum absolute atomic E-state index is 13.1. The Kier molecular flexibility index (Phi) is 5.71. The number of hydrogen-bond donors (Lipinski definition) is 1. The summed E-state index contributed by atoms with van der Waals surface area (Å²) in [4.78, 5) is 32.8. The number of nitro benzene ring substituents is 1. The lowest BCUT2D eigenvalue weighted by atomic mass is 9.89. The number of hydrogen-bond acceptors (Lipinski definition) is 6. The Labute approximate surface area is 180 Å². The summed E-state index contributed by atoms with van der Waals surface area (Å²) in [6, 6.07) is 7.98. The van der Waals surface area contributed by atoms with E-state index in [1.807, 2.05) is 13.8 Å². The molecule has 0 atom stereocenters. The molecule has 1 saturated carbocycles. The molecule has 0 aliphatic heterocycles. The van der Waals surface area contributed by atoms with Crippen LogP contribution in [0.5, 0.6) is 0 Å². The zero-order valence-electron chi connectivity index (χ0n) is 17.9. The van der Waals surface area contributed by atoms with Gasteiger partial charge in [-0.3, -0.25) is 14.9 Å². The summed E-state index contributed by atoms with van der Waals surface area (Å²) >= 11 is 0. The zero-order valence-corrected chi connectivity index (χ0v) is 17.9. The van der Waals surface area contributed by atoms with Crippen LogP contribution in [0.25, 0.3) is 10.9 Å². The van der Waals surface area contributed by atoms with Gasteiger partial charge in [0.25, 0.3) is 11.2 Å². The third-order valence-electron chi connectivity index (χ3n) is 6.04. The van der Waals surface area contributed by atoms with E-state index in [1.54, 1.807) is 35.2 Å². The van der Waals surface area contributed by atoms with Crippen LogP contribution in [0.1, 0.15) is 51.8 Å². The highest BCUT2D eigenvalue weighted by Crippen LogP contribution is 2.32. The third-order valence-corrected chi connectivity index (χ3v) is 6.04. The number of non-ortho nitro benzene ring substituents is 1. The highest BCUT2D eigenvalue weighted by molar-refractivity contribution is 5.93. The number of nitrogens with zero attached hydrogens (tertiary/aromatic N) is 4. The van der Waals surface area contributed by atoms with Gasteiger partial charge < -0.3 is 9.88 Å². The zero-order chi connectivity index (χ0) is 22.0. The first kappa shape index (κ1) is 21.0. The second kappa shape index (κ2) is 8.45. The van der Waals surface area contributed by atoms with E-state index >= 15 is 0 Å². The van der Waals surface area contributed by atoms with Crippen LogP contribution < -0.4 is 10.9 Å². The van der Waals surface area contributed by atoms with Crippen molar-refractivity contribution in [1.82, 2.24) is 14.5 Å². The summed E-state index contributed by atoms with van der Waals surface area (Å²) in [5.74, 6) is 1.03. The summed E-state index contributed by atoms with van der Waals surface area (Å²) in [6.07, 6.45) is 9.17. The molecule has 1 aliphatic rings. The molecule has 1 aliphatic carbocycles. The summed E-state index contributed by atoms with van der Waals surface area (Å²) in [6.45, 7) is 4.47. The van der Waals surface area contributed by atoms with Crippen LogP contribution >= 0.6 is 0 Å². The van der Waals surface area contributed by atoms with Gasteiger partial charge in [0, 0.05) is 42.5 Å². The maximum Gasteiger partial charge on any atom is 0.270 e. The average Bonchev–Trinajstić information content (AvgIpc) is 2.77. The monoisotopic (exact) mass is 421 g/mol. The molecule has 3 aromatic rings. The van der Waals surface area contributed by atoms with Crippen molar-refractivity contribution >= 4 is 22.3 Å². The third kappa shape index (κ3) is 4.42. The van der Waals surface area contributed by atoms with E-state index in [2.05, 4.69) is 15.3 Å². The summed E-state index contributed by atoms with van der Waals surface area (Å²) < 4.78 is 1.77. The number of fused-ring (bicyclic) bond motifs is 1. The SMILES string of the molecule is CC(C)(Nc1cc(=O)n(CC2CCCCC2)c2ccc([N+](=O)[O-])cc12)c1ncccn1. The van der Waals surface area contributed by atoms with E-state index < -0.39 is 10.5 Å². The molecule has 0 amide bonds. The second-order valence-electron chi connectivity index (χ2n) is 8.79. The van der Waals surface area contributed by atoms with E-state index in [0.717, 1.165) is 12.8 Å². The van der Waals surface area contributed by atoms with Gasteiger partial charge in [-0.15, -0.1) is 0 Å². The Morgan fingerprint density at radius 1 is 1.16 bits per heavy atom. The molecule has 0 saturated heterocycles. The van der Waals surface area contributed by atoms with Crippen LogP contribution in [-0.2, 0) is 12.1 Å². The van der Waals surface area contributed by atoms with E-state index in [-0.39, 0.29) is 11.2 Å². The highest BCUT2D eigenvalue weighted by atomic mass is 16.6. The number of anilines is 1. The summed E-state index contributed by atoms with van der Waals surface area (Å²) in [5.41, 5.74) is 0.448. The Hall–Kier alpha value is -3.29. The van der Waals surface area contributed by atoms with Crippen LogP contribution in [-0.4, -0.2) is 19.5 Å². The predicted molar refractivity (Wildman–Crippen MR) is 120 cm³/mol. The molecule has 0 radical (unpaired) electrons. The minimum Gasteiger partial charge on any atom is -0.372 e. The largest absolute Gasteiger partial charge is 0.372 e. The minimum absolute atomic E-state index is 0.00724. The van der Waals surface area contributed by atoms with Gasteiger partial charge in [-0.25, -0.2) is 9.97 Å². The molecule has 2 aromatic heterocycles. The fraction of sp³-hybridized carbons (Fsp3) is 0.435. The van der Waals surface area contributed by atoms with Gasteiger partial charge in [-0.1, -0.05) is 19.3 Å². The Morgan fingerprint density at radius 3 is 2.55 bits per heavy atom. The Bertz CT molecular complexity index is 1150. The van der Waals surface area contributed by atoms with Crippen molar-refractivity contribution < 1.29 is 4.92 Å². The molecule has 4 rings (SSSR count). The molecule has 2 heterocycles. The number of nitro groups is 1. The fourth-order valence-corrected chi connectivity index (χ4v) is 4.42. The van der Waals surface area contributed by atoms with Crippen LogP contribution in [0.2, 0.25) is 0 Å². The predicted octanol–water partition coefficient (Wildman–Crippen LogP) is 4.63. The first-order valence-electron chi connectivity index (χ1n) is 10.7. The van der Waals surface area contributed by atoms with Gasteiger partial charge in [0.1, 0.15) is 0 Å². The van der Waals surface area contributed by atoms with Gasteiger partial charge in [0.2, 0.25) is 0 Å². The molecule has 8 heteroatoms. The lowest BCUT2D eigenvalue weighted by Gasteiger charge is -2.28. The number of aromatic nitrogens is 3. The van der Waals surface area contributed by atoms with Crippen molar-refractivity contribution in [1.29, 1.82) is 0 Å². The molecule has 162 valence electrons. The topological polar surface area (TPSA) is 103 Å². The van der Waals surface area contributed by atoms with Gasteiger partial charge in [0.15, 0.2) is 5.82 Å². The molecule has 1 fully saturated rings. The Balaban J connectivity index is 1.81. The fourth-order valence-electron chi connectivity index (χ4n) is 4.42. The first-order valence-corrected chi connectivity index (χ1v) is 10.7. The number of nitrogens with one attached hydrogen (secondary N) is 1. The van der Waals surface area contributed by atoms with Crippen molar-refractivity contribution in [2.75, 3.05) is 5.32 Å². The first-order chi connectivity index (χ1) is 14.8. The van der Waals surface area contributed by atoms with Crippen molar-refractivity contribution in [2.24, 2.45) is 5.92 Å². The van der Waals surface area contributed by atoms with Crippen LogP contribution in [0.15, 0.2) is 47.5 Å². The van der Waals surface area contributed by atoms with Gasteiger partial charge in [0.05, 0.1) is 21.7 Å². The van der Waals surface area contributed by atoms with Gasteiger partial charge >= 0.3 is 0 Å². The standard InChI is InChI=1S/C23H27N5O3/c1-23(2,22-24-11-6-12-25-22)26-19-14-21(29)27(15-16-7-4-3-5-8-16)20-10-9-17(28(30)31)13-18(19)20/h6,9-14,16,26H,3-5,7-8,15H2,1-2H3.